The molecule has 1 aliphatic rings. The number of carbonyl (C=O) groups is 3. The molecule has 42 heavy (non-hydrogen) atoms. The van der Waals surface area contributed by atoms with E-state index in [1.54, 1.807) is 44.2 Å². The first-order valence-corrected chi connectivity index (χ1v) is 14.4. The number of rotatable bonds is 13. The van der Waals surface area contributed by atoms with Crippen LogP contribution in [0, 0.1) is 3.57 Å². The van der Waals surface area contributed by atoms with Crippen molar-refractivity contribution < 1.29 is 43.2 Å². The molecule has 226 valence electrons. The largest absolute Gasteiger partial charge is 0.490 e. The molecule has 0 saturated heterocycles. The van der Waals surface area contributed by atoms with E-state index in [-0.39, 0.29) is 18.8 Å². The molecule has 2 aromatic carbocycles. The topological polar surface area (TPSA) is 166 Å². The minimum Gasteiger partial charge on any atom is -0.490 e. The second kappa shape index (κ2) is 15.6. The van der Waals surface area contributed by atoms with Crippen LogP contribution in [-0.2, 0) is 19.1 Å². The van der Waals surface area contributed by atoms with E-state index >= 15 is 0 Å². The first-order chi connectivity index (χ1) is 20.1. The van der Waals surface area contributed by atoms with Gasteiger partial charge < -0.3 is 39.4 Å². The van der Waals surface area contributed by atoms with Gasteiger partial charge in [0, 0.05) is 5.70 Å². The predicted octanol–water partition coefficient (Wildman–Crippen LogP) is 3.13. The van der Waals surface area contributed by atoms with E-state index in [9.17, 15) is 19.5 Å². The van der Waals surface area contributed by atoms with Gasteiger partial charge in [0.15, 0.2) is 24.3 Å². The van der Waals surface area contributed by atoms with Gasteiger partial charge in [-0.1, -0.05) is 6.07 Å². The van der Waals surface area contributed by atoms with E-state index in [1.807, 2.05) is 0 Å². The van der Waals surface area contributed by atoms with Crippen molar-refractivity contribution in [3.8, 4) is 17.2 Å². The molecule has 15 heteroatoms. The summed E-state index contributed by atoms with van der Waals surface area (Å²) in [5, 5.41) is 19.7. The van der Waals surface area contributed by atoms with Gasteiger partial charge in [-0.05, 0) is 87.8 Å². The van der Waals surface area contributed by atoms with Gasteiger partial charge in [0.25, 0.3) is 0 Å². The molecule has 3 rings (SSSR count). The lowest BCUT2D eigenvalue weighted by Gasteiger charge is -2.28. The van der Waals surface area contributed by atoms with Crippen LogP contribution >= 0.6 is 38.5 Å². The number of carbonyl (C=O) groups excluding carboxylic acids is 3. The van der Waals surface area contributed by atoms with E-state index in [4.69, 9.17) is 18.9 Å². The summed E-state index contributed by atoms with van der Waals surface area (Å²) >= 11 is 5.49. The Labute approximate surface area is 264 Å². The predicted molar refractivity (Wildman–Crippen MR) is 163 cm³/mol. The van der Waals surface area contributed by atoms with Crippen LogP contribution in [0.5, 0.6) is 17.2 Å². The lowest BCUT2D eigenvalue weighted by atomic mass is 9.95. The molecule has 13 nitrogen and oxygen atoms in total. The lowest BCUT2D eigenvalue weighted by Crippen LogP contribution is -2.45. The fourth-order valence-electron chi connectivity index (χ4n) is 3.80. The maximum absolute atomic E-state index is 12.4. The fraction of sp³-hybridized carbons (Fsp3) is 0.333. The van der Waals surface area contributed by atoms with Crippen molar-refractivity contribution in [1.29, 1.82) is 0 Å². The molecule has 0 fully saturated rings. The van der Waals surface area contributed by atoms with Crippen LogP contribution < -0.4 is 30.3 Å². The highest BCUT2D eigenvalue weighted by atomic mass is 127. The second-order valence-electron chi connectivity index (χ2n) is 8.59. The molecule has 1 heterocycles. The van der Waals surface area contributed by atoms with Crippen LogP contribution in [-0.4, -0.2) is 69.6 Å². The summed E-state index contributed by atoms with van der Waals surface area (Å²) < 4.78 is 27.8. The minimum absolute atomic E-state index is 0.172. The molecular weight excluding hydrogens is 731 g/mol. The number of benzene rings is 2. The van der Waals surface area contributed by atoms with Crippen LogP contribution in [0.3, 0.4) is 0 Å². The quantitative estimate of drug-likeness (QED) is 0.0784. The minimum atomic E-state index is -1.17. The second-order valence-corrected chi connectivity index (χ2v) is 10.6. The average Bonchev–Trinajstić information content (AvgIpc) is 2.95. The number of esters is 2. The highest BCUT2D eigenvalue weighted by molar-refractivity contribution is 14.1. The number of allylic oxidation sites excluding steroid dienone is 1. The van der Waals surface area contributed by atoms with Crippen LogP contribution in [0.4, 0.5) is 4.79 Å². The summed E-state index contributed by atoms with van der Waals surface area (Å²) in [5.41, 5.74) is 4.51. The summed E-state index contributed by atoms with van der Waals surface area (Å²) in [6, 6.07) is 7.27. The van der Waals surface area contributed by atoms with Gasteiger partial charge in [0.1, 0.15) is 12.4 Å². The number of hydrazone groups is 1. The van der Waals surface area contributed by atoms with E-state index in [0.29, 0.717) is 45.2 Å². The Hall–Kier alpha value is -3.57. The van der Waals surface area contributed by atoms with Crippen molar-refractivity contribution in [3.05, 3.63) is 60.8 Å². The number of urea groups is 1. The van der Waals surface area contributed by atoms with E-state index in [1.165, 1.54) is 20.4 Å². The summed E-state index contributed by atoms with van der Waals surface area (Å²) in [7, 11) is 2.55. The highest BCUT2D eigenvalue weighted by Crippen LogP contribution is 2.35. The zero-order valence-corrected chi connectivity index (χ0v) is 26.9. The molecule has 2 aromatic rings. The van der Waals surface area contributed by atoms with Gasteiger partial charge in [-0.25, -0.2) is 14.4 Å². The molecule has 4 N–H and O–H groups in total. The Morgan fingerprint density at radius 1 is 1.17 bits per heavy atom. The van der Waals surface area contributed by atoms with Gasteiger partial charge in [-0.3, -0.25) is 5.43 Å². The van der Waals surface area contributed by atoms with Crippen LogP contribution in [0.25, 0.3) is 0 Å². The number of aliphatic hydroxyl groups is 1. The molecule has 0 bridgehead atoms. The van der Waals surface area contributed by atoms with Crippen molar-refractivity contribution in [2.75, 3.05) is 34.0 Å². The summed E-state index contributed by atoms with van der Waals surface area (Å²) in [6.45, 7) is 3.35. The number of ether oxygens (including phenoxy) is 5. The van der Waals surface area contributed by atoms with Crippen LogP contribution in [0.1, 0.15) is 31.0 Å². The zero-order chi connectivity index (χ0) is 30.8. The van der Waals surface area contributed by atoms with Gasteiger partial charge in [-0.2, -0.15) is 5.10 Å². The van der Waals surface area contributed by atoms with Crippen molar-refractivity contribution in [3.63, 3.8) is 0 Å². The normalized spacial score (nSPS) is 15.4. The number of halogens is 2. The van der Waals surface area contributed by atoms with Crippen molar-refractivity contribution in [2.45, 2.75) is 26.1 Å². The monoisotopic (exact) mass is 760 g/mol. The molecule has 0 aliphatic carbocycles. The highest BCUT2D eigenvalue weighted by Gasteiger charge is 2.32. The van der Waals surface area contributed by atoms with Gasteiger partial charge in [0.2, 0.25) is 0 Å². The molecule has 2 amide bonds. The third-order valence-corrected chi connectivity index (χ3v) is 7.08. The molecule has 2 atom stereocenters. The Morgan fingerprint density at radius 2 is 1.93 bits per heavy atom. The van der Waals surface area contributed by atoms with Gasteiger partial charge >= 0.3 is 18.0 Å². The maximum Gasteiger partial charge on any atom is 0.343 e. The number of hydrogen-bond donors (Lipinski definition) is 4. The van der Waals surface area contributed by atoms with Crippen molar-refractivity contribution >= 4 is 62.7 Å². The van der Waals surface area contributed by atoms with E-state index in [2.05, 4.69) is 64.4 Å². The number of hydrogen-bond acceptors (Lipinski definition) is 11. The molecular formula is C27H30BrIN4O9. The van der Waals surface area contributed by atoms with E-state index in [0.717, 1.165) is 3.57 Å². The van der Waals surface area contributed by atoms with Crippen LogP contribution in [0.15, 0.2) is 51.2 Å². The Kier molecular flexibility index (Phi) is 12.2. The first kappa shape index (κ1) is 32.9. The molecule has 0 radical (unpaired) electrons. The summed E-state index contributed by atoms with van der Waals surface area (Å²) in [5.74, 6) is 0.110. The fourth-order valence-corrected chi connectivity index (χ4v) is 5.57. The Balaban J connectivity index is 1.65. The molecule has 1 aliphatic heterocycles. The van der Waals surface area contributed by atoms with Crippen LogP contribution in [0.2, 0.25) is 0 Å². The Morgan fingerprint density at radius 3 is 2.60 bits per heavy atom. The summed E-state index contributed by atoms with van der Waals surface area (Å²) in [4.78, 5) is 35.9. The summed E-state index contributed by atoms with van der Waals surface area (Å²) in [6.07, 6.45) is 0.336. The van der Waals surface area contributed by atoms with Crippen molar-refractivity contribution in [1.82, 2.24) is 16.1 Å². The molecule has 0 aromatic heterocycles. The number of nitrogens with zero attached hydrogens (tertiary/aromatic N) is 1. The maximum atomic E-state index is 12.4. The third kappa shape index (κ3) is 8.72. The average molecular weight is 761 g/mol. The number of nitrogens with one attached hydrogen (secondary N) is 3. The molecule has 0 spiro atoms. The van der Waals surface area contributed by atoms with Gasteiger partial charge in [0.05, 0.1) is 46.7 Å². The number of amides is 2. The standard InChI is InChI=1S/C27H30BrIN4O9/c1-5-40-20-10-16(24-23(26(36)39-4)14(2)31-27(37)32-24)6-7-19(20)41-12-21(34)33-30-11-15-8-17(28)25(18(29)9-15)42-13-22(35)38-3/h6-11,21,24,33-34H,5,12-13H2,1-4H3,(H2,31,32,37)/b30-11-/t21-,24+/m0/s1. The van der Waals surface area contributed by atoms with Gasteiger partial charge in [-0.15, -0.1) is 0 Å². The SMILES string of the molecule is CCOc1cc([C@H]2NC(=O)NC(C)=C2C(=O)OC)ccc1OC[C@H](O)N/N=C\c1cc(Br)c(OCC(=O)OC)c(I)c1. The number of aliphatic hydroxyl groups excluding tert-OH is 1. The molecule has 0 saturated carbocycles. The first-order valence-electron chi connectivity index (χ1n) is 12.5. The zero-order valence-electron chi connectivity index (χ0n) is 23.2. The van der Waals surface area contributed by atoms with E-state index < -0.39 is 30.2 Å². The Bertz CT molecular complexity index is 1360. The third-order valence-electron chi connectivity index (χ3n) is 5.69. The lowest BCUT2D eigenvalue weighted by molar-refractivity contribution is -0.143. The number of methoxy groups -OCH3 is 2. The molecule has 0 unspecified atom stereocenters. The smallest absolute Gasteiger partial charge is 0.343 e. The van der Waals surface area contributed by atoms with Crippen molar-refractivity contribution in [2.24, 2.45) is 5.10 Å².